The molecule has 4 rings (SSSR count). The number of hydrogen-bond acceptors (Lipinski definition) is 4. The van der Waals surface area contributed by atoms with Crippen molar-refractivity contribution in [2.75, 3.05) is 35.2 Å². The molecule has 0 unspecified atom stereocenters. The highest BCUT2D eigenvalue weighted by Gasteiger charge is 2.18. The van der Waals surface area contributed by atoms with Crippen LogP contribution in [0.4, 0.5) is 21.5 Å². The fourth-order valence-corrected chi connectivity index (χ4v) is 3.85. The smallest absolute Gasteiger partial charge is 0.262 e. The summed E-state index contributed by atoms with van der Waals surface area (Å²) >= 11 is 0. The Morgan fingerprint density at radius 3 is 2.27 bits per heavy atom. The minimum Gasteiger partial charge on any atom is -0.483 e. The summed E-state index contributed by atoms with van der Waals surface area (Å²) in [7, 11) is 0. The van der Waals surface area contributed by atoms with Gasteiger partial charge in [-0.25, -0.2) is 4.39 Å². The Morgan fingerprint density at radius 1 is 0.818 bits per heavy atom. The summed E-state index contributed by atoms with van der Waals surface area (Å²) < 4.78 is 19.4. The second kappa shape index (κ2) is 10.6. The quantitative estimate of drug-likeness (QED) is 0.530. The van der Waals surface area contributed by atoms with E-state index in [2.05, 4.69) is 15.5 Å². The molecule has 2 amide bonds. The van der Waals surface area contributed by atoms with Gasteiger partial charge in [0, 0.05) is 13.1 Å². The zero-order valence-corrected chi connectivity index (χ0v) is 18.2. The summed E-state index contributed by atoms with van der Waals surface area (Å²) in [6, 6.07) is 20.4. The predicted molar refractivity (Wildman–Crippen MR) is 127 cm³/mol. The second-order valence-corrected chi connectivity index (χ2v) is 7.83. The number of benzene rings is 3. The van der Waals surface area contributed by atoms with Gasteiger partial charge in [-0.1, -0.05) is 36.4 Å². The number of piperidine rings is 1. The Labute approximate surface area is 192 Å². The lowest BCUT2D eigenvalue weighted by molar-refractivity contribution is -0.118. The van der Waals surface area contributed by atoms with Crippen molar-refractivity contribution < 1.29 is 18.7 Å². The summed E-state index contributed by atoms with van der Waals surface area (Å²) in [6.07, 6.45) is 3.49. The molecule has 170 valence electrons. The van der Waals surface area contributed by atoms with Gasteiger partial charge >= 0.3 is 0 Å². The molecular formula is C26H26FN3O3. The van der Waals surface area contributed by atoms with Gasteiger partial charge in [0.1, 0.15) is 11.6 Å². The maximum Gasteiger partial charge on any atom is 0.262 e. The molecule has 0 radical (unpaired) electrons. The number of ether oxygens (including phenoxy) is 1. The standard InChI is InChI=1S/C26H26FN3O3/c27-20-11-3-4-12-21(20)28-25(31)18-33-24-15-7-2-10-19(24)26(32)29-22-13-5-6-14-23(22)30-16-8-1-9-17-30/h2-7,10-15H,1,8-9,16-18H2,(H,28,31)(H,29,32). The van der Waals surface area contributed by atoms with Crippen molar-refractivity contribution in [3.63, 3.8) is 0 Å². The van der Waals surface area contributed by atoms with Crippen molar-refractivity contribution >= 4 is 28.9 Å². The van der Waals surface area contributed by atoms with Gasteiger partial charge < -0.3 is 20.3 Å². The Morgan fingerprint density at radius 2 is 1.48 bits per heavy atom. The van der Waals surface area contributed by atoms with Crippen LogP contribution in [0, 0.1) is 5.82 Å². The fraction of sp³-hybridized carbons (Fsp3) is 0.231. The predicted octanol–water partition coefficient (Wildman–Crippen LogP) is 5.09. The molecule has 2 N–H and O–H groups in total. The van der Waals surface area contributed by atoms with Crippen LogP contribution >= 0.6 is 0 Å². The number of carbonyl (C=O) groups excluding carboxylic acids is 2. The van der Waals surface area contributed by atoms with Gasteiger partial charge in [-0.3, -0.25) is 9.59 Å². The summed E-state index contributed by atoms with van der Waals surface area (Å²) in [5.41, 5.74) is 2.11. The summed E-state index contributed by atoms with van der Waals surface area (Å²) in [5, 5.41) is 5.46. The lowest BCUT2D eigenvalue weighted by Gasteiger charge is -2.30. The number of nitrogens with one attached hydrogen (secondary N) is 2. The van der Waals surface area contributed by atoms with Crippen molar-refractivity contribution in [3.05, 3.63) is 84.2 Å². The average Bonchev–Trinajstić information content (AvgIpc) is 2.85. The van der Waals surface area contributed by atoms with Gasteiger partial charge in [0.05, 0.1) is 22.6 Å². The lowest BCUT2D eigenvalue weighted by atomic mass is 10.1. The summed E-state index contributed by atoms with van der Waals surface area (Å²) in [4.78, 5) is 27.6. The first kappa shape index (κ1) is 22.3. The first-order chi connectivity index (χ1) is 16.1. The lowest BCUT2D eigenvalue weighted by Crippen LogP contribution is -2.30. The zero-order chi connectivity index (χ0) is 23.0. The molecule has 1 aliphatic heterocycles. The number of carbonyl (C=O) groups is 2. The van der Waals surface area contributed by atoms with Gasteiger partial charge in [0.25, 0.3) is 11.8 Å². The third-order valence-corrected chi connectivity index (χ3v) is 5.49. The highest BCUT2D eigenvalue weighted by molar-refractivity contribution is 6.07. The van der Waals surface area contributed by atoms with E-state index in [4.69, 9.17) is 4.74 Å². The summed E-state index contributed by atoms with van der Waals surface area (Å²) in [6.45, 7) is 1.57. The zero-order valence-electron chi connectivity index (χ0n) is 18.2. The Balaban J connectivity index is 1.44. The molecule has 0 bridgehead atoms. The van der Waals surface area contributed by atoms with Crippen LogP contribution in [0.2, 0.25) is 0 Å². The third-order valence-electron chi connectivity index (χ3n) is 5.49. The van der Waals surface area contributed by atoms with Crippen molar-refractivity contribution in [2.24, 2.45) is 0 Å². The Hall–Kier alpha value is -3.87. The molecule has 1 heterocycles. The molecule has 7 heteroatoms. The number of hydrogen-bond donors (Lipinski definition) is 2. The Kier molecular flexibility index (Phi) is 7.19. The van der Waals surface area contributed by atoms with Crippen LogP contribution in [0.15, 0.2) is 72.8 Å². The van der Waals surface area contributed by atoms with Crippen LogP contribution in [0.3, 0.4) is 0 Å². The topological polar surface area (TPSA) is 70.7 Å². The molecule has 6 nitrogen and oxygen atoms in total. The van der Waals surface area contributed by atoms with Crippen LogP contribution in [-0.4, -0.2) is 31.5 Å². The minimum absolute atomic E-state index is 0.0754. The molecule has 1 fully saturated rings. The van der Waals surface area contributed by atoms with E-state index in [9.17, 15) is 14.0 Å². The van der Waals surface area contributed by atoms with Crippen molar-refractivity contribution in [2.45, 2.75) is 19.3 Å². The van der Waals surface area contributed by atoms with E-state index in [1.807, 2.05) is 24.3 Å². The van der Waals surface area contributed by atoms with Crippen LogP contribution in [-0.2, 0) is 4.79 Å². The number of para-hydroxylation sites is 4. The number of anilines is 3. The van der Waals surface area contributed by atoms with Gasteiger partial charge in [-0.2, -0.15) is 0 Å². The largest absolute Gasteiger partial charge is 0.483 e. The van der Waals surface area contributed by atoms with Gasteiger partial charge in [-0.05, 0) is 55.7 Å². The minimum atomic E-state index is -0.530. The highest BCUT2D eigenvalue weighted by Crippen LogP contribution is 2.29. The average molecular weight is 448 g/mol. The summed E-state index contributed by atoms with van der Waals surface area (Å²) in [5.74, 6) is -1.11. The number of nitrogens with zero attached hydrogens (tertiary/aromatic N) is 1. The van der Waals surface area contributed by atoms with E-state index in [0.717, 1.165) is 37.3 Å². The molecule has 1 saturated heterocycles. The van der Waals surface area contributed by atoms with Gasteiger partial charge in [-0.15, -0.1) is 0 Å². The molecule has 3 aromatic rings. The maximum atomic E-state index is 13.7. The molecule has 1 aliphatic rings. The molecule has 0 saturated carbocycles. The number of amides is 2. The van der Waals surface area contributed by atoms with Crippen LogP contribution < -0.4 is 20.3 Å². The van der Waals surface area contributed by atoms with Crippen LogP contribution in [0.1, 0.15) is 29.6 Å². The Bertz CT molecular complexity index is 1130. The van der Waals surface area contributed by atoms with Crippen LogP contribution in [0.5, 0.6) is 5.75 Å². The molecule has 0 spiro atoms. The van der Waals surface area contributed by atoms with E-state index in [-0.39, 0.29) is 24.0 Å². The first-order valence-corrected chi connectivity index (χ1v) is 11.0. The number of rotatable bonds is 7. The number of halogens is 1. The normalized spacial score (nSPS) is 13.3. The monoisotopic (exact) mass is 447 g/mol. The van der Waals surface area contributed by atoms with E-state index in [0.29, 0.717) is 5.56 Å². The molecule has 0 atom stereocenters. The fourth-order valence-electron chi connectivity index (χ4n) is 3.85. The van der Waals surface area contributed by atoms with Crippen molar-refractivity contribution in [3.8, 4) is 5.75 Å². The molecule has 3 aromatic carbocycles. The maximum absolute atomic E-state index is 13.7. The SMILES string of the molecule is O=C(COc1ccccc1C(=O)Nc1ccccc1N1CCCCC1)Nc1ccccc1F. The van der Waals surface area contributed by atoms with E-state index >= 15 is 0 Å². The van der Waals surface area contributed by atoms with Gasteiger partial charge in [0.15, 0.2) is 6.61 Å². The van der Waals surface area contributed by atoms with Crippen molar-refractivity contribution in [1.82, 2.24) is 0 Å². The van der Waals surface area contributed by atoms with Crippen LogP contribution in [0.25, 0.3) is 0 Å². The second-order valence-electron chi connectivity index (χ2n) is 7.83. The van der Waals surface area contributed by atoms with E-state index in [1.54, 1.807) is 36.4 Å². The third kappa shape index (κ3) is 5.68. The van der Waals surface area contributed by atoms with E-state index < -0.39 is 11.7 Å². The molecule has 0 aliphatic carbocycles. The van der Waals surface area contributed by atoms with E-state index in [1.165, 1.54) is 18.6 Å². The first-order valence-electron chi connectivity index (χ1n) is 11.0. The van der Waals surface area contributed by atoms with Crippen molar-refractivity contribution in [1.29, 1.82) is 0 Å². The molecule has 0 aromatic heterocycles. The highest BCUT2D eigenvalue weighted by atomic mass is 19.1. The molecular weight excluding hydrogens is 421 g/mol. The molecule has 33 heavy (non-hydrogen) atoms. The van der Waals surface area contributed by atoms with Gasteiger partial charge in [0.2, 0.25) is 0 Å².